The fraction of sp³-hybridized carbons (Fsp3) is 0.333. The van der Waals surface area contributed by atoms with Gasteiger partial charge in [0.1, 0.15) is 17.3 Å². The average molecular weight is 363 g/mol. The van der Waals surface area contributed by atoms with Crippen LogP contribution in [0.2, 0.25) is 0 Å². The Hall–Kier alpha value is -2.86. The predicted molar refractivity (Wildman–Crippen MR) is 108 cm³/mol. The van der Waals surface area contributed by atoms with Crippen molar-refractivity contribution in [2.45, 2.75) is 44.7 Å². The summed E-state index contributed by atoms with van der Waals surface area (Å²) in [6, 6.07) is 14.3. The molecule has 2 aromatic heterocycles. The lowest BCUT2D eigenvalue weighted by Gasteiger charge is -2.29. The molecule has 1 fully saturated rings. The molecule has 0 radical (unpaired) electrons. The van der Waals surface area contributed by atoms with Crippen LogP contribution in [0.15, 0.2) is 53.1 Å². The summed E-state index contributed by atoms with van der Waals surface area (Å²) in [6.45, 7) is 1.94. The van der Waals surface area contributed by atoms with Crippen molar-refractivity contribution in [3.8, 4) is 11.3 Å². The van der Waals surface area contributed by atoms with Crippen LogP contribution in [0.25, 0.3) is 11.3 Å². The molecular formula is C21H25N5O. The number of furan rings is 1. The Balaban J connectivity index is 1.48. The summed E-state index contributed by atoms with van der Waals surface area (Å²) in [5.74, 6) is 3.10. The van der Waals surface area contributed by atoms with E-state index in [4.69, 9.17) is 10.2 Å². The van der Waals surface area contributed by atoms with E-state index in [9.17, 15) is 0 Å². The molecule has 0 amide bonds. The minimum Gasteiger partial charge on any atom is -0.461 e. The first-order valence-electron chi connectivity index (χ1n) is 9.46. The third kappa shape index (κ3) is 4.28. The van der Waals surface area contributed by atoms with Crippen molar-refractivity contribution in [2.75, 3.05) is 10.6 Å². The number of rotatable bonds is 5. The van der Waals surface area contributed by atoms with Crippen LogP contribution in [0.5, 0.6) is 0 Å². The van der Waals surface area contributed by atoms with Crippen molar-refractivity contribution in [2.24, 2.45) is 5.73 Å². The van der Waals surface area contributed by atoms with Crippen molar-refractivity contribution in [1.29, 1.82) is 0 Å². The van der Waals surface area contributed by atoms with Gasteiger partial charge in [0.2, 0.25) is 5.95 Å². The number of hydrogen-bond acceptors (Lipinski definition) is 6. The standard InChI is InChI=1S/C21H25N5O/c1-14-9-10-19(27-14)15-5-4-6-16(13-15)24-20-11-12-23-21(26-20)25-18-8-3-2-7-17(18)22/h4-6,9-13,17-18H,2-3,7-8,22H2,1H3,(H2,23,24,25,26)/t17-,18+/m0/s1. The molecule has 27 heavy (non-hydrogen) atoms. The van der Waals surface area contributed by atoms with E-state index >= 15 is 0 Å². The van der Waals surface area contributed by atoms with Crippen LogP contribution in [-0.2, 0) is 0 Å². The van der Waals surface area contributed by atoms with E-state index in [1.54, 1.807) is 6.20 Å². The molecule has 0 saturated heterocycles. The van der Waals surface area contributed by atoms with Crippen molar-refractivity contribution in [3.05, 3.63) is 54.4 Å². The minimum absolute atomic E-state index is 0.160. The Bertz CT molecular complexity index is 907. The molecule has 6 nitrogen and oxygen atoms in total. The van der Waals surface area contributed by atoms with Gasteiger partial charge in [-0.2, -0.15) is 4.98 Å². The first-order valence-corrected chi connectivity index (χ1v) is 9.46. The number of nitrogens with two attached hydrogens (primary N) is 1. The van der Waals surface area contributed by atoms with Crippen molar-refractivity contribution in [1.82, 2.24) is 9.97 Å². The van der Waals surface area contributed by atoms with Crippen LogP contribution in [0.4, 0.5) is 17.5 Å². The van der Waals surface area contributed by atoms with E-state index in [2.05, 4.69) is 20.6 Å². The topological polar surface area (TPSA) is 89.0 Å². The Morgan fingerprint density at radius 1 is 1.11 bits per heavy atom. The average Bonchev–Trinajstić information content (AvgIpc) is 3.11. The molecular weight excluding hydrogens is 338 g/mol. The van der Waals surface area contributed by atoms with Gasteiger partial charge in [-0.1, -0.05) is 25.0 Å². The quantitative estimate of drug-likeness (QED) is 0.620. The highest BCUT2D eigenvalue weighted by molar-refractivity contribution is 5.67. The summed E-state index contributed by atoms with van der Waals surface area (Å²) in [6.07, 6.45) is 6.27. The number of nitrogens with zero attached hydrogens (tertiary/aromatic N) is 2. The van der Waals surface area contributed by atoms with Crippen LogP contribution in [0.1, 0.15) is 31.4 Å². The molecule has 0 aliphatic heterocycles. The number of anilines is 3. The lowest BCUT2D eigenvalue weighted by Crippen LogP contribution is -2.42. The molecule has 0 unspecified atom stereocenters. The lowest BCUT2D eigenvalue weighted by molar-refractivity contribution is 0.402. The molecule has 2 heterocycles. The number of aromatic nitrogens is 2. The molecule has 4 rings (SSSR count). The molecule has 140 valence electrons. The summed E-state index contributed by atoms with van der Waals surface area (Å²) < 4.78 is 5.71. The zero-order valence-corrected chi connectivity index (χ0v) is 15.5. The van der Waals surface area contributed by atoms with E-state index in [0.717, 1.165) is 41.4 Å². The smallest absolute Gasteiger partial charge is 0.224 e. The molecule has 1 aliphatic carbocycles. The van der Waals surface area contributed by atoms with E-state index < -0.39 is 0 Å². The van der Waals surface area contributed by atoms with Crippen LogP contribution in [-0.4, -0.2) is 22.1 Å². The van der Waals surface area contributed by atoms with Gasteiger partial charge in [-0.05, 0) is 50.1 Å². The number of benzene rings is 1. The van der Waals surface area contributed by atoms with Gasteiger partial charge < -0.3 is 20.8 Å². The third-order valence-electron chi connectivity index (χ3n) is 4.95. The second-order valence-corrected chi connectivity index (χ2v) is 7.08. The number of nitrogens with one attached hydrogen (secondary N) is 2. The van der Waals surface area contributed by atoms with Gasteiger partial charge in [-0.3, -0.25) is 0 Å². The minimum atomic E-state index is 0.160. The molecule has 1 aromatic carbocycles. The fourth-order valence-corrected chi connectivity index (χ4v) is 3.49. The first kappa shape index (κ1) is 17.5. The molecule has 1 saturated carbocycles. The maximum atomic E-state index is 6.22. The van der Waals surface area contributed by atoms with Gasteiger partial charge in [0.05, 0.1) is 0 Å². The predicted octanol–water partition coefficient (Wildman–Crippen LogP) is 4.47. The van der Waals surface area contributed by atoms with E-state index in [-0.39, 0.29) is 12.1 Å². The monoisotopic (exact) mass is 363 g/mol. The zero-order chi connectivity index (χ0) is 18.6. The number of aryl methyl sites for hydroxylation is 1. The maximum absolute atomic E-state index is 6.22. The lowest BCUT2D eigenvalue weighted by atomic mass is 9.91. The van der Waals surface area contributed by atoms with E-state index in [1.807, 2.05) is 49.4 Å². The Labute approximate surface area is 159 Å². The Morgan fingerprint density at radius 2 is 2.00 bits per heavy atom. The highest BCUT2D eigenvalue weighted by Gasteiger charge is 2.22. The molecule has 0 bridgehead atoms. The first-order chi connectivity index (χ1) is 13.2. The zero-order valence-electron chi connectivity index (χ0n) is 15.5. The Kier molecular flexibility index (Phi) is 5.07. The molecule has 2 atom stereocenters. The summed E-state index contributed by atoms with van der Waals surface area (Å²) in [5.41, 5.74) is 8.19. The van der Waals surface area contributed by atoms with Crippen molar-refractivity contribution < 1.29 is 4.42 Å². The van der Waals surface area contributed by atoms with Gasteiger partial charge in [0.25, 0.3) is 0 Å². The second-order valence-electron chi connectivity index (χ2n) is 7.08. The normalized spacial score (nSPS) is 19.6. The van der Waals surface area contributed by atoms with Gasteiger partial charge in [0.15, 0.2) is 0 Å². The molecule has 3 aromatic rings. The second kappa shape index (κ2) is 7.80. The van der Waals surface area contributed by atoms with Crippen LogP contribution in [0, 0.1) is 6.92 Å². The van der Waals surface area contributed by atoms with Gasteiger partial charge >= 0.3 is 0 Å². The summed E-state index contributed by atoms with van der Waals surface area (Å²) in [5, 5.41) is 6.74. The summed E-state index contributed by atoms with van der Waals surface area (Å²) in [7, 11) is 0. The van der Waals surface area contributed by atoms with Gasteiger partial charge in [-0.15, -0.1) is 0 Å². The third-order valence-corrected chi connectivity index (χ3v) is 4.95. The highest BCUT2D eigenvalue weighted by atomic mass is 16.3. The largest absolute Gasteiger partial charge is 0.461 e. The van der Waals surface area contributed by atoms with Gasteiger partial charge in [0, 0.05) is 29.5 Å². The van der Waals surface area contributed by atoms with Crippen molar-refractivity contribution >= 4 is 17.5 Å². The summed E-state index contributed by atoms with van der Waals surface area (Å²) >= 11 is 0. The molecule has 0 spiro atoms. The van der Waals surface area contributed by atoms with Crippen LogP contribution < -0.4 is 16.4 Å². The molecule has 4 N–H and O–H groups in total. The highest BCUT2D eigenvalue weighted by Crippen LogP contribution is 2.26. The van der Waals surface area contributed by atoms with Crippen LogP contribution >= 0.6 is 0 Å². The fourth-order valence-electron chi connectivity index (χ4n) is 3.49. The summed E-state index contributed by atoms with van der Waals surface area (Å²) in [4.78, 5) is 8.94. The van der Waals surface area contributed by atoms with Crippen LogP contribution in [0.3, 0.4) is 0 Å². The molecule has 6 heteroatoms. The van der Waals surface area contributed by atoms with Crippen molar-refractivity contribution in [3.63, 3.8) is 0 Å². The maximum Gasteiger partial charge on any atom is 0.224 e. The molecule has 1 aliphatic rings. The number of hydrogen-bond donors (Lipinski definition) is 3. The Morgan fingerprint density at radius 3 is 2.81 bits per heavy atom. The van der Waals surface area contributed by atoms with E-state index in [0.29, 0.717) is 5.95 Å². The van der Waals surface area contributed by atoms with E-state index in [1.165, 1.54) is 12.8 Å². The van der Waals surface area contributed by atoms with Gasteiger partial charge in [-0.25, -0.2) is 4.98 Å². The SMILES string of the molecule is Cc1ccc(-c2cccc(Nc3ccnc(N[C@@H]4CCCC[C@@H]4N)n3)c2)o1.